The maximum absolute atomic E-state index is 13.7. The Hall–Kier alpha value is -3.88. The van der Waals surface area contributed by atoms with Crippen LogP contribution in [0.3, 0.4) is 0 Å². The van der Waals surface area contributed by atoms with Crippen molar-refractivity contribution in [1.82, 2.24) is 9.97 Å². The summed E-state index contributed by atoms with van der Waals surface area (Å²) in [6.07, 6.45) is 16.1. The van der Waals surface area contributed by atoms with Gasteiger partial charge in [0.2, 0.25) is 0 Å². The molecule has 0 saturated heterocycles. The lowest BCUT2D eigenvalue weighted by atomic mass is 9.46. The third-order valence-electron chi connectivity index (χ3n) is 18.2. The number of nitrogens with zero attached hydrogens (tertiary/aromatic N) is 2. The zero-order valence-electron chi connectivity index (χ0n) is 35.8. The molecule has 8 aliphatic carbocycles. The standard InChI is InChI=1S/C27H31N3O4S.C21H28O5/c1-14-11-18-17-7-6-15-12-16(31)8-9-25(15,2)21(17)20(32)13-26(18,3)27(14,34)23(33)30-24-29-19-5-4-10-28-22(19)35-24;1-11-8-15-14-5-4-12-9-13(22)6-7-19(12,2)17(14)16(23)10-20(15,3)21(11,26)18(24)25/h4-5,8-10,12,14,17-18,20-21,32,34H,6-7,11,13H2,1-3H3,(H,29,30,33);6-7,9,11,14-17,23,26H,4-5,8,10H2,1-3H3,(H,24,25)/t14-,17?,18?,20+,21?,25?,26?,27+;11-,14?,15?,16+,17?,19?,20?,21+/m11/s1. The molecule has 1 amide bonds. The van der Waals surface area contributed by atoms with Gasteiger partial charge in [0.1, 0.15) is 10.3 Å². The Morgan fingerprint density at radius 2 is 1.28 bits per heavy atom. The highest BCUT2D eigenvalue weighted by molar-refractivity contribution is 7.21. The predicted molar refractivity (Wildman–Crippen MR) is 229 cm³/mol. The van der Waals surface area contributed by atoms with Gasteiger partial charge in [-0.05, 0) is 123 Å². The Bertz CT molecular complexity index is 2320. The van der Waals surface area contributed by atoms with Crippen molar-refractivity contribution >= 4 is 50.3 Å². The Kier molecular flexibility index (Phi) is 9.78. The number of hydrogen-bond acceptors (Lipinski definition) is 11. The summed E-state index contributed by atoms with van der Waals surface area (Å²) in [6.45, 7) is 11.8. The number of aliphatic hydroxyl groups is 4. The van der Waals surface area contributed by atoms with Crippen molar-refractivity contribution in [3.05, 3.63) is 65.9 Å². The number of carbonyl (C=O) groups is 4. The van der Waals surface area contributed by atoms with Gasteiger partial charge < -0.3 is 25.5 Å². The third kappa shape index (κ3) is 5.75. The number of anilines is 1. The normalized spacial score (nSPS) is 46.7. The molecular formula is C48H59N3O9S. The van der Waals surface area contributed by atoms with Gasteiger partial charge in [0, 0.05) is 39.7 Å². The molecule has 0 bridgehead atoms. The maximum Gasteiger partial charge on any atom is 0.336 e. The van der Waals surface area contributed by atoms with E-state index >= 15 is 0 Å². The highest BCUT2D eigenvalue weighted by atomic mass is 32.1. The Balaban J connectivity index is 0.000000163. The van der Waals surface area contributed by atoms with E-state index < -0.39 is 46.1 Å². The van der Waals surface area contributed by atoms with Crippen molar-refractivity contribution in [1.29, 1.82) is 0 Å². The number of rotatable bonds is 3. The number of ketones is 2. The molecule has 12 nitrogen and oxygen atoms in total. The number of aliphatic hydroxyl groups excluding tert-OH is 2. The number of amides is 1. The Labute approximate surface area is 360 Å². The second kappa shape index (κ2) is 14.1. The molecule has 0 aliphatic heterocycles. The lowest BCUT2D eigenvalue weighted by Crippen LogP contribution is -2.63. The molecule has 6 saturated carbocycles. The number of carbonyl (C=O) groups excluding carboxylic acids is 3. The van der Waals surface area contributed by atoms with Crippen LogP contribution in [-0.2, 0) is 19.2 Å². The summed E-state index contributed by atoms with van der Waals surface area (Å²) in [4.78, 5) is 59.1. The van der Waals surface area contributed by atoms with Crippen LogP contribution in [0.5, 0.6) is 0 Å². The van der Waals surface area contributed by atoms with Crippen molar-refractivity contribution in [2.75, 3.05) is 5.32 Å². The van der Waals surface area contributed by atoms with Crippen LogP contribution < -0.4 is 5.32 Å². The van der Waals surface area contributed by atoms with Gasteiger partial charge >= 0.3 is 5.97 Å². The van der Waals surface area contributed by atoms with E-state index in [0.29, 0.717) is 29.9 Å². The molecule has 0 radical (unpaired) electrons. The van der Waals surface area contributed by atoms with E-state index in [1.54, 1.807) is 36.6 Å². The van der Waals surface area contributed by atoms with Gasteiger partial charge in [0.05, 0.1) is 12.2 Å². The number of hydrogen-bond donors (Lipinski definition) is 6. The van der Waals surface area contributed by atoms with Crippen LogP contribution in [0, 0.1) is 69.0 Å². The highest BCUT2D eigenvalue weighted by Crippen LogP contribution is 2.70. The number of aromatic nitrogens is 2. The molecule has 16 atom stereocenters. The van der Waals surface area contributed by atoms with Gasteiger partial charge in [-0.2, -0.15) is 0 Å². The number of carboxylic acids is 1. The first-order valence-electron chi connectivity index (χ1n) is 22.1. The van der Waals surface area contributed by atoms with Crippen molar-refractivity contribution in [2.24, 2.45) is 69.0 Å². The second-order valence-electron chi connectivity index (χ2n) is 20.8. The average molecular weight is 854 g/mol. The minimum Gasteiger partial charge on any atom is -0.479 e. The fourth-order valence-electron chi connectivity index (χ4n) is 15.3. The van der Waals surface area contributed by atoms with Crippen LogP contribution >= 0.6 is 11.3 Å². The zero-order chi connectivity index (χ0) is 43.8. The molecule has 0 aromatic carbocycles. The van der Waals surface area contributed by atoms with E-state index in [-0.39, 0.29) is 76.2 Å². The van der Waals surface area contributed by atoms with Crippen LogP contribution in [0.25, 0.3) is 10.3 Å². The molecular weight excluding hydrogens is 795 g/mol. The Morgan fingerprint density at radius 3 is 1.77 bits per heavy atom. The molecule has 2 heterocycles. The largest absolute Gasteiger partial charge is 0.479 e. The van der Waals surface area contributed by atoms with Gasteiger partial charge in [-0.25, -0.2) is 14.8 Å². The van der Waals surface area contributed by atoms with Crippen LogP contribution in [0.15, 0.2) is 65.9 Å². The first-order valence-corrected chi connectivity index (χ1v) is 22.9. The summed E-state index contributed by atoms with van der Waals surface area (Å²) in [5, 5.41) is 59.1. The second-order valence-corrected chi connectivity index (χ2v) is 21.8. The molecule has 326 valence electrons. The van der Waals surface area contributed by atoms with Crippen LogP contribution in [0.4, 0.5) is 5.13 Å². The predicted octanol–water partition coefficient (Wildman–Crippen LogP) is 6.21. The summed E-state index contributed by atoms with van der Waals surface area (Å²) in [5.41, 5.74) is -2.93. The average Bonchev–Trinajstić information content (AvgIpc) is 3.77. The van der Waals surface area contributed by atoms with E-state index in [2.05, 4.69) is 29.1 Å². The molecule has 13 heteroatoms. The number of nitrogens with one attached hydrogen (secondary N) is 1. The number of aliphatic carboxylic acids is 1. The maximum atomic E-state index is 13.7. The molecule has 6 fully saturated rings. The van der Waals surface area contributed by atoms with E-state index in [4.69, 9.17) is 0 Å². The molecule has 61 heavy (non-hydrogen) atoms. The smallest absolute Gasteiger partial charge is 0.336 e. The first kappa shape index (κ1) is 42.4. The molecule has 2 aromatic rings. The fourth-order valence-corrected chi connectivity index (χ4v) is 16.1. The fraction of sp³-hybridized carbons (Fsp3) is 0.625. The molecule has 6 N–H and O–H groups in total. The Morgan fingerprint density at radius 1 is 0.787 bits per heavy atom. The summed E-state index contributed by atoms with van der Waals surface area (Å²) >= 11 is 1.29. The number of pyridine rings is 1. The molecule has 10 rings (SSSR count). The zero-order valence-corrected chi connectivity index (χ0v) is 36.6. The van der Waals surface area contributed by atoms with E-state index in [0.717, 1.165) is 41.7 Å². The van der Waals surface area contributed by atoms with Gasteiger partial charge in [-0.1, -0.05) is 76.2 Å². The lowest BCUT2D eigenvalue weighted by Gasteiger charge is -2.59. The monoisotopic (exact) mass is 853 g/mol. The highest BCUT2D eigenvalue weighted by Gasteiger charge is 2.72. The topological polar surface area (TPSA) is 207 Å². The number of carboxylic acid groups (broad SMARTS) is 1. The van der Waals surface area contributed by atoms with E-state index in [9.17, 15) is 44.7 Å². The van der Waals surface area contributed by atoms with Gasteiger partial charge in [-0.3, -0.25) is 19.7 Å². The van der Waals surface area contributed by atoms with Gasteiger partial charge in [0.15, 0.2) is 27.9 Å². The first-order chi connectivity index (χ1) is 28.6. The summed E-state index contributed by atoms with van der Waals surface area (Å²) < 4.78 is 0. The van der Waals surface area contributed by atoms with Crippen molar-refractivity contribution in [2.45, 2.75) is 116 Å². The van der Waals surface area contributed by atoms with Gasteiger partial charge in [0.25, 0.3) is 5.91 Å². The third-order valence-corrected chi connectivity index (χ3v) is 19.1. The van der Waals surface area contributed by atoms with Crippen LogP contribution in [0.2, 0.25) is 0 Å². The minimum absolute atomic E-state index is 0.000744. The van der Waals surface area contributed by atoms with E-state index in [1.165, 1.54) is 11.3 Å². The number of thiazole rings is 1. The number of allylic oxidation sites excluding steroid dienone is 8. The number of fused-ring (bicyclic) bond motifs is 11. The molecule has 0 spiro atoms. The summed E-state index contributed by atoms with van der Waals surface area (Å²) in [7, 11) is 0. The molecule has 8 aliphatic rings. The minimum atomic E-state index is -1.81. The van der Waals surface area contributed by atoms with E-state index in [1.807, 2.05) is 45.9 Å². The SMILES string of the molecule is C[C@@H]1CC2C3CCC4=CC(=O)C=CC4(C)C3[C@@H](O)CC2(C)[C@@]1(O)C(=O)Nc1nc2cccnc2s1.C[C@@H]1CC2C3CCC4=CC(=O)C=CC4(C)C3[C@@H](O)CC2(C)[C@@]1(O)C(=O)O. The van der Waals surface area contributed by atoms with Crippen LogP contribution in [0.1, 0.15) is 92.9 Å². The van der Waals surface area contributed by atoms with Crippen LogP contribution in [-0.4, -0.2) is 82.4 Å². The van der Waals surface area contributed by atoms with Gasteiger partial charge in [-0.15, -0.1) is 0 Å². The molecule has 2 aromatic heterocycles. The lowest BCUT2D eigenvalue weighted by molar-refractivity contribution is -0.197. The quantitative estimate of drug-likeness (QED) is 0.205. The van der Waals surface area contributed by atoms with Crippen molar-refractivity contribution in [3.63, 3.8) is 0 Å². The summed E-state index contributed by atoms with van der Waals surface area (Å²) in [6, 6.07) is 3.64. The molecule has 10 unspecified atom stereocenters. The summed E-state index contributed by atoms with van der Waals surface area (Å²) in [5.74, 6) is -1.91. The van der Waals surface area contributed by atoms with Crippen molar-refractivity contribution in [3.8, 4) is 0 Å². The van der Waals surface area contributed by atoms with Crippen molar-refractivity contribution < 1.29 is 44.7 Å².